The van der Waals surface area contributed by atoms with Crippen LogP contribution in [0, 0.1) is 10.1 Å². The Morgan fingerprint density at radius 3 is 2.81 bits per heavy atom. The quantitative estimate of drug-likeness (QED) is 0.653. The van der Waals surface area contributed by atoms with Crippen LogP contribution in [0.1, 0.15) is 24.2 Å². The average molecular weight is 287 g/mol. The van der Waals surface area contributed by atoms with Gasteiger partial charge >= 0.3 is 0 Å². The lowest BCUT2D eigenvalue weighted by Crippen LogP contribution is -2.19. The molecular weight excluding hydrogens is 270 g/mol. The van der Waals surface area contributed by atoms with E-state index in [9.17, 15) is 10.1 Å². The number of ether oxygens (including phenoxy) is 1. The summed E-state index contributed by atoms with van der Waals surface area (Å²) in [6.45, 7) is 2.49. The highest BCUT2D eigenvalue weighted by Gasteiger charge is 2.11. The standard InChI is InChI=1S/C15H17N3O3/c1-11(15-5-3-4-6-16-15)17-10-12-7-13(18(19)20)9-14(8-12)21-2/h3-9,11,17H,10H2,1-2H3. The lowest BCUT2D eigenvalue weighted by atomic mass is 10.1. The fourth-order valence-corrected chi connectivity index (χ4v) is 1.98. The van der Waals surface area contributed by atoms with Crippen molar-refractivity contribution < 1.29 is 9.66 Å². The Bertz CT molecular complexity index is 617. The highest BCUT2D eigenvalue weighted by molar-refractivity contribution is 5.42. The summed E-state index contributed by atoms with van der Waals surface area (Å²) in [4.78, 5) is 14.8. The van der Waals surface area contributed by atoms with Crippen molar-refractivity contribution in [2.75, 3.05) is 7.11 Å². The lowest BCUT2D eigenvalue weighted by molar-refractivity contribution is -0.385. The maximum Gasteiger partial charge on any atom is 0.273 e. The van der Waals surface area contributed by atoms with E-state index in [1.807, 2.05) is 25.1 Å². The normalized spacial score (nSPS) is 11.9. The van der Waals surface area contributed by atoms with Crippen LogP contribution in [0.25, 0.3) is 0 Å². The Kier molecular flexibility index (Phi) is 4.84. The minimum absolute atomic E-state index is 0.0247. The van der Waals surface area contributed by atoms with E-state index >= 15 is 0 Å². The molecule has 1 N–H and O–H groups in total. The molecule has 21 heavy (non-hydrogen) atoms. The van der Waals surface area contributed by atoms with Crippen LogP contribution in [-0.4, -0.2) is 17.0 Å². The molecule has 0 saturated heterocycles. The molecule has 6 nitrogen and oxygen atoms in total. The van der Waals surface area contributed by atoms with E-state index in [1.54, 1.807) is 18.3 Å². The van der Waals surface area contributed by atoms with E-state index in [4.69, 9.17) is 4.74 Å². The molecular formula is C15H17N3O3. The summed E-state index contributed by atoms with van der Waals surface area (Å²) in [6, 6.07) is 10.5. The predicted molar refractivity (Wildman–Crippen MR) is 79.1 cm³/mol. The van der Waals surface area contributed by atoms with E-state index in [0.29, 0.717) is 12.3 Å². The number of nitro benzene ring substituents is 1. The first-order valence-corrected chi connectivity index (χ1v) is 6.57. The van der Waals surface area contributed by atoms with Crippen LogP contribution in [0.2, 0.25) is 0 Å². The Balaban J connectivity index is 2.09. The molecule has 110 valence electrons. The molecule has 0 spiro atoms. The molecule has 0 aliphatic heterocycles. The van der Waals surface area contributed by atoms with Crippen LogP contribution >= 0.6 is 0 Å². The molecule has 0 aliphatic rings. The van der Waals surface area contributed by atoms with Gasteiger partial charge in [0.05, 0.1) is 23.8 Å². The van der Waals surface area contributed by atoms with E-state index in [2.05, 4.69) is 10.3 Å². The molecule has 2 rings (SSSR count). The van der Waals surface area contributed by atoms with E-state index in [1.165, 1.54) is 13.2 Å². The zero-order valence-electron chi connectivity index (χ0n) is 11.9. The summed E-state index contributed by atoms with van der Waals surface area (Å²) >= 11 is 0. The third-order valence-electron chi connectivity index (χ3n) is 3.14. The van der Waals surface area contributed by atoms with Crippen LogP contribution in [0.5, 0.6) is 5.75 Å². The smallest absolute Gasteiger partial charge is 0.273 e. The molecule has 1 heterocycles. The van der Waals surface area contributed by atoms with Crippen molar-refractivity contribution in [2.45, 2.75) is 19.5 Å². The van der Waals surface area contributed by atoms with Crippen molar-refractivity contribution in [3.8, 4) is 5.75 Å². The highest BCUT2D eigenvalue weighted by atomic mass is 16.6. The number of non-ortho nitro benzene ring substituents is 1. The number of methoxy groups -OCH3 is 1. The summed E-state index contributed by atoms with van der Waals surface area (Å²) < 4.78 is 5.09. The zero-order valence-corrected chi connectivity index (χ0v) is 11.9. The van der Waals surface area contributed by atoms with E-state index < -0.39 is 4.92 Å². The van der Waals surface area contributed by atoms with Gasteiger partial charge in [0, 0.05) is 24.8 Å². The number of aromatic nitrogens is 1. The second-order valence-electron chi connectivity index (χ2n) is 4.65. The molecule has 2 aromatic rings. The molecule has 0 saturated carbocycles. The fourth-order valence-electron chi connectivity index (χ4n) is 1.98. The maximum atomic E-state index is 10.9. The Labute approximate surface area is 122 Å². The first kappa shape index (κ1) is 14.9. The molecule has 1 aromatic heterocycles. The molecule has 1 aromatic carbocycles. The van der Waals surface area contributed by atoms with Gasteiger partial charge < -0.3 is 10.1 Å². The Morgan fingerprint density at radius 1 is 1.38 bits per heavy atom. The van der Waals surface area contributed by atoms with Crippen LogP contribution < -0.4 is 10.1 Å². The number of nitro groups is 1. The topological polar surface area (TPSA) is 77.3 Å². The third kappa shape index (κ3) is 4.00. The average Bonchev–Trinajstić information content (AvgIpc) is 2.53. The van der Waals surface area contributed by atoms with Gasteiger partial charge in [0.1, 0.15) is 5.75 Å². The van der Waals surface area contributed by atoms with Gasteiger partial charge in [-0.15, -0.1) is 0 Å². The van der Waals surface area contributed by atoms with Gasteiger partial charge in [-0.3, -0.25) is 15.1 Å². The van der Waals surface area contributed by atoms with Crippen LogP contribution in [0.4, 0.5) is 5.69 Å². The number of pyridine rings is 1. The predicted octanol–water partition coefficient (Wildman–Crippen LogP) is 2.85. The van der Waals surface area contributed by atoms with Crippen molar-refractivity contribution >= 4 is 5.69 Å². The first-order valence-electron chi connectivity index (χ1n) is 6.57. The van der Waals surface area contributed by atoms with Gasteiger partial charge in [0.2, 0.25) is 0 Å². The van der Waals surface area contributed by atoms with Crippen molar-refractivity contribution in [3.63, 3.8) is 0 Å². The molecule has 0 radical (unpaired) electrons. The fraction of sp³-hybridized carbons (Fsp3) is 0.267. The van der Waals surface area contributed by atoms with E-state index in [-0.39, 0.29) is 11.7 Å². The summed E-state index contributed by atoms with van der Waals surface area (Å²) in [7, 11) is 1.49. The van der Waals surface area contributed by atoms with Crippen molar-refractivity contribution in [3.05, 3.63) is 64.0 Å². The van der Waals surface area contributed by atoms with Gasteiger partial charge in [-0.1, -0.05) is 6.07 Å². The summed E-state index contributed by atoms with van der Waals surface area (Å²) in [5.74, 6) is 0.478. The minimum atomic E-state index is -0.422. The number of hydrogen-bond acceptors (Lipinski definition) is 5. The molecule has 1 atom stereocenters. The van der Waals surface area contributed by atoms with Crippen molar-refractivity contribution in [1.82, 2.24) is 10.3 Å². The van der Waals surface area contributed by atoms with Gasteiger partial charge in [-0.2, -0.15) is 0 Å². The SMILES string of the molecule is COc1cc(CNC(C)c2ccccn2)cc([N+](=O)[O-])c1. The molecule has 6 heteroatoms. The Hall–Kier alpha value is -2.47. The zero-order chi connectivity index (χ0) is 15.2. The molecule has 0 bridgehead atoms. The van der Waals surface area contributed by atoms with Crippen LogP contribution in [-0.2, 0) is 6.54 Å². The van der Waals surface area contributed by atoms with Gasteiger partial charge in [0.15, 0.2) is 0 Å². The van der Waals surface area contributed by atoms with Crippen molar-refractivity contribution in [1.29, 1.82) is 0 Å². The largest absolute Gasteiger partial charge is 0.496 e. The third-order valence-corrected chi connectivity index (χ3v) is 3.14. The highest BCUT2D eigenvalue weighted by Crippen LogP contribution is 2.23. The number of nitrogens with zero attached hydrogens (tertiary/aromatic N) is 2. The summed E-state index contributed by atoms with van der Waals surface area (Å²) in [5.41, 5.74) is 1.75. The number of rotatable bonds is 6. The Morgan fingerprint density at radius 2 is 2.19 bits per heavy atom. The van der Waals surface area contributed by atoms with Crippen LogP contribution in [0.3, 0.4) is 0 Å². The summed E-state index contributed by atoms with van der Waals surface area (Å²) in [5, 5.41) is 14.2. The first-order chi connectivity index (χ1) is 10.1. The van der Waals surface area contributed by atoms with Crippen molar-refractivity contribution in [2.24, 2.45) is 0 Å². The molecule has 0 aliphatic carbocycles. The summed E-state index contributed by atoms with van der Waals surface area (Å²) in [6.07, 6.45) is 1.74. The molecule has 0 amide bonds. The lowest BCUT2D eigenvalue weighted by Gasteiger charge is -2.13. The second kappa shape index (κ2) is 6.81. The molecule has 1 unspecified atom stereocenters. The van der Waals surface area contributed by atoms with Gasteiger partial charge in [0.25, 0.3) is 5.69 Å². The van der Waals surface area contributed by atoms with Crippen LogP contribution in [0.15, 0.2) is 42.6 Å². The van der Waals surface area contributed by atoms with E-state index in [0.717, 1.165) is 11.3 Å². The minimum Gasteiger partial charge on any atom is -0.496 e. The van der Waals surface area contributed by atoms with Gasteiger partial charge in [-0.05, 0) is 30.7 Å². The maximum absolute atomic E-state index is 10.9. The number of nitrogens with one attached hydrogen (secondary N) is 1. The monoisotopic (exact) mass is 287 g/mol. The van der Waals surface area contributed by atoms with Gasteiger partial charge in [-0.25, -0.2) is 0 Å². The second-order valence-corrected chi connectivity index (χ2v) is 4.65. The number of benzene rings is 1. The number of hydrogen-bond donors (Lipinski definition) is 1. The molecule has 0 fully saturated rings.